The minimum Gasteiger partial charge on any atom is -0.344 e. The molecule has 4 rings (SSSR count). The number of hydrogen-bond acceptors (Lipinski definition) is 6. The monoisotopic (exact) mass is 431 g/mol. The summed E-state index contributed by atoms with van der Waals surface area (Å²) >= 11 is 0. The summed E-state index contributed by atoms with van der Waals surface area (Å²) in [6.07, 6.45) is 5.34. The van der Waals surface area contributed by atoms with Gasteiger partial charge in [0.15, 0.2) is 5.82 Å². The van der Waals surface area contributed by atoms with Gasteiger partial charge in [0.25, 0.3) is 5.91 Å². The van der Waals surface area contributed by atoms with Crippen molar-refractivity contribution in [1.82, 2.24) is 35.5 Å². The molecule has 32 heavy (non-hydrogen) atoms. The summed E-state index contributed by atoms with van der Waals surface area (Å²) in [6, 6.07) is 9.75. The van der Waals surface area contributed by atoms with Gasteiger partial charge in [-0.3, -0.25) is 14.8 Å². The number of rotatable bonds is 6. The summed E-state index contributed by atoms with van der Waals surface area (Å²) in [4.78, 5) is 21.4. The number of aryl methyl sites for hydroxylation is 2. The number of carbonyl (C=O) groups excluding carboxylic acids is 1. The third-order valence-corrected chi connectivity index (χ3v) is 5.08. The number of nitrogens with zero attached hydrogens (tertiary/aromatic N) is 6. The second-order valence-electron chi connectivity index (χ2n) is 7.44. The van der Waals surface area contributed by atoms with Crippen LogP contribution in [0.4, 0.5) is 4.39 Å². The molecular weight excluding hydrogens is 409 g/mol. The molecule has 1 unspecified atom stereocenters. The van der Waals surface area contributed by atoms with Crippen molar-refractivity contribution >= 4 is 5.91 Å². The lowest BCUT2D eigenvalue weighted by atomic mass is 9.99. The molecule has 2 heterocycles. The van der Waals surface area contributed by atoms with E-state index in [1.165, 1.54) is 6.07 Å². The Morgan fingerprint density at radius 1 is 1.19 bits per heavy atom. The molecule has 0 saturated carbocycles. The van der Waals surface area contributed by atoms with E-state index in [-0.39, 0.29) is 17.8 Å². The van der Waals surface area contributed by atoms with Crippen LogP contribution in [0, 0.1) is 12.7 Å². The Morgan fingerprint density at radius 2 is 2.03 bits per heavy atom. The fourth-order valence-corrected chi connectivity index (χ4v) is 3.39. The van der Waals surface area contributed by atoms with Gasteiger partial charge in [-0.15, -0.1) is 5.10 Å². The van der Waals surface area contributed by atoms with Gasteiger partial charge in [0.05, 0.1) is 23.6 Å². The average Bonchev–Trinajstić information content (AvgIpc) is 3.28. The van der Waals surface area contributed by atoms with Crippen molar-refractivity contribution in [1.29, 1.82) is 0 Å². The van der Waals surface area contributed by atoms with Crippen LogP contribution in [0.3, 0.4) is 0 Å². The van der Waals surface area contributed by atoms with Crippen molar-refractivity contribution < 1.29 is 9.18 Å². The molecule has 2 aromatic heterocycles. The van der Waals surface area contributed by atoms with Gasteiger partial charge in [-0.05, 0) is 59.7 Å². The highest BCUT2D eigenvalue weighted by Crippen LogP contribution is 2.28. The van der Waals surface area contributed by atoms with Gasteiger partial charge in [0.1, 0.15) is 5.82 Å². The molecule has 0 radical (unpaired) electrons. The number of benzene rings is 2. The lowest BCUT2D eigenvalue weighted by molar-refractivity contribution is 0.0939. The van der Waals surface area contributed by atoms with Gasteiger partial charge in [-0.2, -0.15) is 4.68 Å². The highest BCUT2D eigenvalue weighted by atomic mass is 19.1. The Bertz CT molecular complexity index is 1260. The Hall–Kier alpha value is -4.01. The second kappa shape index (κ2) is 9.01. The Kier molecular flexibility index (Phi) is 5.98. The predicted octanol–water partition coefficient (Wildman–Crippen LogP) is 3.62. The van der Waals surface area contributed by atoms with Crippen molar-refractivity contribution in [2.45, 2.75) is 33.2 Å². The van der Waals surface area contributed by atoms with Crippen LogP contribution in [0.25, 0.3) is 16.8 Å². The molecule has 0 aliphatic carbocycles. The zero-order valence-corrected chi connectivity index (χ0v) is 18.0. The van der Waals surface area contributed by atoms with Gasteiger partial charge in [0, 0.05) is 29.9 Å². The third kappa shape index (κ3) is 4.36. The zero-order chi connectivity index (χ0) is 22.7. The maximum atomic E-state index is 14.8. The van der Waals surface area contributed by atoms with Crippen LogP contribution in [0.2, 0.25) is 0 Å². The molecular formula is C23H22FN7O. The van der Waals surface area contributed by atoms with Gasteiger partial charge < -0.3 is 5.32 Å². The van der Waals surface area contributed by atoms with Crippen molar-refractivity contribution in [3.63, 3.8) is 0 Å². The van der Waals surface area contributed by atoms with Crippen molar-refractivity contribution in [2.75, 3.05) is 0 Å². The quantitative estimate of drug-likeness (QED) is 0.501. The fraction of sp³-hybridized carbons (Fsp3) is 0.217. The Labute approximate surface area is 184 Å². The minimum atomic E-state index is -0.367. The lowest BCUT2D eigenvalue weighted by Crippen LogP contribution is -2.27. The molecule has 4 aromatic rings. The van der Waals surface area contributed by atoms with Gasteiger partial charge in [-0.25, -0.2) is 4.39 Å². The summed E-state index contributed by atoms with van der Waals surface area (Å²) in [7, 11) is 0. The molecule has 0 aliphatic rings. The molecule has 0 spiro atoms. The molecule has 0 fully saturated rings. The molecule has 0 bridgehead atoms. The fourth-order valence-electron chi connectivity index (χ4n) is 3.39. The topological polar surface area (TPSA) is 98.5 Å². The highest BCUT2D eigenvalue weighted by molar-refractivity contribution is 5.96. The first kappa shape index (κ1) is 21.2. The zero-order valence-electron chi connectivity index (χ0n) is 18.0. The number of aromatic nitrogens is 6. The summed E-state index contributed by atoms with van der Waals surface area (Å²) in [5.74, 6) is -0.0652. The largest absolute Gasteiger partial charge is 0.344 e. The highest BCUT2D eigenvalue weighted by Gasteiger charge is 2.18. The number of nitrogens with one attached hydrogen (secondary N) is 1. The number of halogens is 1. The van der Waals surface area contributed by atoms with Crippen LogP contribution in [-0.4, -0.2) is 36.1 Å². The summed E-state index contributed by atoms with van der Waals surface area (Å²) < 4.78 is 16.3. The van der Waals surface area contributed by atoms with E-state index in [4.69, 9.17) is 0 Å². The van der Waals surface area contributed by atoms with E-state index in [0.717, 1.165) is 5.56 Å². The Morgan fingerprint density at radius 3 is 2.75 bits per heavy atom. The normalized spacial score (nSPS) is 11.9. The molecule has 8 nitrogen and oxygen atoms in total. The van der Waals surface area contributed by atoms with Gasteiger partial charge in [-0.1, -0.05) is 19.1 Å². The summed E-state index contributed by atoms with van der Waals surface area (Å²) in [5, 5.41) is 14.7. The molecule has 1 atom stereocenters. The molecule has 1 amide bonds. The van der Waals surface area contributed by atoms with E-state index in [2.05, 4.69) is 30.8 Å². The van der Waals surface area contributed by atoms with Crippen LogP contribution in [0.15, 0.2) is 55.0 Å². The SMILES string of the molecule is CCc1nnnn1-c1cc(C(=O)NC(C)c2cnccn2)cc(-c2ccc(C)cc2F)c1. The number of tetrazole rings is 1. The van der Waals surface area contributed by atoms with Crippen LogP contribution in [0.5, 0.6) is 0 Å². The number of amides is 1. The van der Waals surface area contributed by atoms with Crippen LogP contribution < -0.4 is 5.32 Å². The molecule has 1 N–H and O–H groups in total. The maximum absolute atomic E-state index is 14.8. The average molecular weight is 431 g/mol. The first-order valence-corrected chi connectivity index (χ1v) is 10.2. The Balaban J connectivity index is 1.77. The third-order valence-electron chi connectivity index (χ3n) is 5.08. The standard InChI is InChI=1S/C23H22FN7O/c1-4-22-28-29-30-31(22)18-11-16(19-6-5-14(2)9-20(19)24)10-17(12-18)23(32)27-15(3)21-13-25-7-8-26-21/h5-13,15H,4H2,1-3H3,(H,27,32). The van der Waals surface area contributed by atoms with Crippen LogP contribution >= 0.6 is 0 Å². The molecule has 9 heteroatoms. The lowest BCUT2D eigenvalue weighted by Gasteiger charge is -2.15. The number of hydrogen-bond donors (Lipinski definition) is 1. The van der Waals surface area contributed by atoms with E-state index in [1.54, 1.807) is 47.5 Å². The summed E-state index contributed by atoms with van der Waals surface area (Å²) in [5.41, 5.74) is 3.31. The van der Waals surface area contributed by atoms with E-state index in [1.807, 2.05) is 26.8 Å². The van der Waals surface area contributed by atoms with E-state index in [9.17, 15) is 9.18 Å². The first-order valence-electron chi connectivity index (χ1n) is 10.2. The van der Waals surface area contributed by atoms with Crippen molar-refractivity contribution in [3.8, 4) is 16.8 Å². The van der Waals surface area contributed by atoms with E-state index >= 15 is 0 Å². The van der Waals surface area contributed by atoms with Crippen LogP contribution in [-0.2, 0) is 6.42 Å². The summed E-state index contributed by atoms with van der Waals surface area (Å²) in [6.45, 7) is 5.58. The first-order chi connectivity index (χ1) is 15.5. The number of carbonyl (C=O) groups is 1. The molecule has 0 saturated heterocycles. The van der Waals surface area contributed by atoms with Gasteiger partial charge in [0.2, 0.25) is 0 Å². The second-order valence-corrected chi connectivity index (χ2v) is 7.44. The molecule has 162 valence electrons. The smallest absolute Gasteiger partial charge is 0.251 e. The van der Waals surface area contributed by atoms with Crippen molar-refractivity contribution in [2.24, 2.45) is 0 Å². The van der Waals surface area contributed by atoms with Crippen molar-refractivity contribution in [3.05, 3.63) is 83.5 Å². The van der Waals surface area contributed by atoms with E-state index < -0.39 is 0 Å². The van der Waals surface area contributed by atoms with Crippen LogP contribution in [0.1, 0.15) is 47.3 Å². The van der Waals surface area contributed by atoms with E-state index in [0.29, 0.717) is 40.3 Å². The maximum Gasteiger partial charge on any atom is 0.251 e. The predicted molar refractivity (Wildman–Crippen MR) is 117 cm³/mol. The molecule has 2 aromatic carbocycles. The minimum absolute atomic E-state index is 0.329. The van der Waals surface area contributed by atoms with Gasteiger partial charge >= 0.3 is 0 Å². The molecule has 0 aliphatic heterocycles.